The van der Waals surface area contributed by atoms with Gasteiger partial charge in [-0.2, -0.15) is 0 Å². The van der Waals surface area contributed by atoms with E-state index in [2.05, 4.69) is 15.3 Å². The molecule has 6 nitrogen and oxygen atoms in total. The molecule has 3 rings (SSSR count). The Labute approximate surface area is 140 Å². The van der Waals surface area contributed by atoms with Crippen LogP contribution in [0.25, 0.3) is 0 Å². The lowest BCUT2D eigenvalue weighted by Gasteiger charge is -2.21. The number of methoxy groups -OCH3 is 1. The van der Waals surface area contributed by atoms with Gasteiger partial charge in [-0.25, -0.2) is 9.37 Å². The van der Waals surface area contributed by atoms with Gasteiger partial charge in [0.25, 0.3) is 0 Å². The van der Waals surface area contributed by atoms with Crippen LogP contribution in [0.5, 0.6) is 0 Å². The molecule has 2 N–H and O–H groups in total. The first-order valence-corrected chi connectivity index (χ1v) is 7.93. The highest BCUT2D eigenvalue weighted by Gasteiger charge is 2.35. The molecular weight excluding hydrogens is 311 g/mol. The van der Waals surface area contributed by atoms with Crippen molar-refractivity contribution in [1.82, 2.24) is 20.2 Å². The molecule has 1 fully saturated rings. The molecule has 0 spiro atoms. The summed E-state index contributed by atoms with van der Waals surface area (Å²) in [6.45, 7) is 1.06. The number of hydrogen-bond donors (Lipinski definition) is 2. The zero-order chi connectivity index (χ0) is 16.9. The van der Waals surface area contributed by atoms with Crippen LogP contribution in [0.4, 0.5) is 4.39 Å². The molecule has 1 amide bonds. The van der Waals surface area contributed by atoms with Crippen LogP contribution in [0.3, 0.4) is 0 Å². The van der Waals surface area contributed by atoms with Gasteiger partial charge in [-0.1, -0.05) is 18.2 Å². The fourth-order valence-electron chi connectivity index (χ4n) is 3.03. The number of halogens is 1. The van der Waals surface area contributed by atoms with Gasteiger partial charge in [0.2, 0.25) is 5.91 Å². The standard InChI is InChI=1S/C17H21FN4O2/c1-24-13-8-15(17-19-6-7-20-17)22(10-13)11-16(23)21-9-12-4-2-3-5-14(12)18/h2-7,13,15H,8-11H2,1H3,(H,19,20)(H,21,23)/t13-,15?/m1/s1. The van der Waals surface area contributed by atoms with Gasteiger partial charge in [0.05, 0.1) is 18.7 Å². The highest BCUT2D eigenvalue weighted by atomic mass is 19.1. The van der Waals surface area contributed by atoms with Crippen molar-refractivity contribution in [3.05, 3.63) is 53.9 Å². The molecule has 2 atom stereocenters. The predicted molar refractivity (Wildman–Crippen MR) is 86.6 cm³/mol. The van der Waals surface area contributed by atoms with E-state index in [1.807, 2.05) is 4.90 Å². The van der Waals surface area contributed by atoms with Crippen molar-refractivity contribution in [2.45, 2.75) is 25.1 Å². The minimum Gasteiger partial charge on any atom is -0.380 e. The van der Waals surface area contributed by atoms with Crippen molar-refractivity contribution in [3.63, 3.8) is 0 Å². The minimum absolute atomic E-state index is 0.0177. The van der Waals surface area contributed by atoms with Crippen LogP contribution >= 0.6 is 0 Å². The number of carbonyl (C=O) groups is 1. The van der Waals surface area contributed by atoms with Gasteiger partial charge in [0.1, 0.15) is 11.6 Å². The summed E-state index contributed by atoms with van der Waals surface area (Å²) in [6, 6.07) is 6.45. The van der Waals surface area contributed by atoms with E-state index in [1.54, 1.807) is 37.7 Å². The van der Waals surface area contributed by atoms with Crippen LogP contribution in [0.15, 0.2) is 36.7 Å². The maximum atomic E-state index is 13.6. The largest absolute Gasteiger partial charge is 0.380 e. The van der Waals surface area contributed by atoms with E-state index >= 15 is 0 Å². The van der Waals surface area contributed by atoms with E-state index in [4.69, 9.17) is 4.74 Å². The molecule has 2 heterocycles. The SMILES string of the molecule is CO[C@@H]1CC(c2ncc[nH]2)N(CC(=O)NCc2ccccc2F)C1. The van der Waals surface area contributed by atoms with E-state index in [1.165, 1.54) is 6.07 Å². The smallest absolute Gasteiger partial charge is 0.234 e. The summed E-state index contributed by atoms with van der Waals surface area (Å²) in [7, 11) is 1.67. The Morgan fingerprint density at radius 3 is 3.04 bits per heavy atom. The molecule has 1 saturated heterocycles. The van der Waals surface area contributed by atoms with E-state index < -0.39 is 0 Å². The third kappa shape index (κ3) is 3.80. The van der Waals surface area contributed by atoms with E-state index in [-0.39, 0.29) is 37.0 Å². The number of H-pyrrole nitrogens is 1. The third-order valence-corrected chi connectivity index (χ3v) is 4.31. The summed E-state index contributed by atoms with van der Waals surface area (Å²) in [6.07, 6.45) is 4.32. The highest BCUT2D eigenvalue weighted by molar-refractivity contribution is 5.78. The third-order valence-electron chi connectivity index (χ3n) is 4.31. The van der Waals surface area contributed by atoms with Crippen LogP contribution in [-0.2, 0) is 16.1 Å². The fraction of sp³-hybridized carbons (Fsp3) is 0.412. The van der Waals surface area contributed by atoms with Crippen molar-refractivity contribution in [2.24, 2.45) is 0 Å². The van der Waals surface area contributed by atoms with Crippen LogP contribution < -0.4 is 5.32 Å². The molecule has 7 heteroatoms. The number of imidazole rings is 1. The second-order valence-electron chi connectivity index (χ2n) is 5.88. The van der Waals surface area contributed by atoms with Crippen molar-refractivity contribution < 1.29 is 13.9 Å². The van der Waals surface area contributed by atoms with E-state index in [0.29, 0.717) is 12.1 Å². The van der Waals surface area contributed by atoms with Gasteiger partial charge in [-0.05, 0) is 12.5 Å². The first kappa shape index (κ1) is 16.6. The quantitative estimate of drug-likeness (QED) is 0.843. The number of benzene rings is 1. The molecule has 2 aromatic rings. The first-order chi connectivity index (χ1) is 11.7. The minimum atomic E-state index is -0.313. The Morgan fingerprint density at radius 1 is 1.50 bits per heavy atom. The number of likely N-dealkylation sites (tertiary alicyclic amines) is 1. The Bertz CT molecular complexity index is 677. The fourth-order valence-corrected chi connectivity index (χ4v) is 3.03. The highest BCUT2D eigenvalue weighted by Crippen LogP contribution is 2.30. The summed E-state index contributed by atoms with van der Waals surface area (Å²) in [4.78, 5) is 21.7. The molecule has 128 valence electrons. The van der Waals surface area contributed by atoms with E-state index in [9.17, 15) is 9.18 Å². The Hall–Kier alpha value is -2.25. The van der Waals surface area contributed by atoms with Crippen molar-refractivity contribution in [3.8, 4) is 0 Å². The first-order valence-electron chi connectivity index (χ1n) is 7.93. The second-order valence-corrected chi connectivity index (χ2v) is 5.88. The van der Waals surface area contributed by atoms with Crippen LogP contribution in [0.2, 0.25) is 0 Å². The molecule has 1 aromatic heterocycles. The molecule has 0 radical (unpaired) electrons. The Kier molecular flexibility index (Phi) is 5.22. The molecule has 24 heavy (non-hydrogen) atoms. The summed E-state index contributed by atoms with van der Waals surface area (Å²) in [5, 5.41) is 2.77. The molecule has 1 aromatic carbocycles. The van der Waals surface area contributed by atoms with E-state index in [0.717, 1.165) is 12.2 Å². The number of carbonyl (C=O) groups excluding carboxylic acids is 1. The lowest BCUT2D eigenvalue weighted by Crippen LogP contribution is -2.37. The molecule has 0 bridgehead atoms. The van der Waals surface area contributed by atoms with Gasteiger partial charge < -0.3 is 15.0 Å². The van der Waals surface area contributed by atoms with Gasteiger partial charge in [-0.3, -0.25) is 9.69 Å². The summed E-state index contributed by atoms with van der Waals surface area (Å²) in [5.41, 5.74) is 0.477. The van der Waals surface area contributed by atoms with Crippen molar-refractivity contribution in [1.29, 1.82) is 0 Å². The second kappa shape index (κ2) is 7.55. The van der Waals surface area contributed by atoms with Crippen molar-refractivity contribution in [2.75, 3.05) is 20.2 Å². The molecule has 1 unspecified atom stereocenters. The number of nitrogens with zero attached hydrogens (tertiary/aromatic N) is 2. The van der Waals surface area contributed by atoms with Crippen LogP contribution in [-0.4, -0.2) is 47.1 Å². The number of hydrogen-bond acceptors (Lipinski definition) is 4. The normalized spacial score (nSPS) is 21.1. The summed E-state index contributed by atoms with van der Waals surface area (Å²) in [5.74, 6) is 0.370. The molecular formula is C17H21FN4O2. The topological polar surface area (TPSA) is 70.2 Å². The Balaban J connectivity index is 1.59. The predicted octanol–water partition coefficient (Wildman–Crippen LogP) is 1.63. The van der Waals surface area contributed by atoms with Gasteiger partial charge in [-0.15, -0.1) is 0 Å². The zero-order valence-electron chi connectivity index (χ0n) is 13.5. The van der Waals surface area contributed by atoms with Gasteiger partial charge in [0, 0.05) is 38.2 Å². The number of ether oxygens (including phenoxy) is 1. The number of rotatable bonds is 6. The maximum absolute atomic E-state index is 13.6. The summed E-state index contributed by atoms with van der Waals surface area (Å²) < 4.78 is 19.0. The van der Waals surface area contributed by atoms with Gasteiger partial charge in [0.15, 0.2) is 0 Å². The number of aromatic amines is 1. The van der Waals surface area contributed by atoms with Crippen LogP contribution in [0.1, 0.15) is 23.9 Å². The number of amides is 1. The molecule has 0 aliphatic carbocycles. The zero-order valence-corrected chi connectivity index (χ0v) is 13.5. The van der Waals surface area contributed by atoms with Crippen LogP contribution in [0, 0.1) is 5.82 Å². The number of aromatic nitrogens is 2. The summed E-state index contributed by atoms with van der Waals surface area (Å²) >= 11 is 0. The monoisotopic (exact) mass is 332 g/mol. The maximum Gasteiger partial charge on any atom is 0.234 e. The lowest BCUT2D eigenvalue weighted by atomic mass is 10.2. The van der Waals surface area contributed by atoms with Crippen molar-refractivity contribution >= 4 is 5.91 Å². The van der Waals surface area contributed by atoms with Gasteiger partial charge >= 0.3 is 0 Å². The average Bonchev–Trinajstić information content (AvgIpc) is 3.23. The molecule has 1 aliphatic rings. The molecule has 1 aliphatic heterocycles. The Morgan fingerprint density at radius 2 is 2.33 bits per heavy atom. The lowest BCUT2D eigenvalue weighted by molar-refractivity contribution is -0.122. The molecule has 0 saturated carbocycles. The number of nitrogens with one attached hydrogen (secondary N) is 2. The average molecular weight is 332 g/mol.